The zero-order chi connectivity index (χ0) is 19.0. The van der Waals surface area contributed by atoms with E-state index in [-0.39, 0.29) is 18.1 Å². The molecule has 0 aliphatic carbocycles. The van der Waals surface area contributed by atoms with Gasteiger partial charge >= 0.3 is 6.03 Å². The molecule has 2 aliphatic heterocycles. The normalized spacial score (nSPS) is 24.9. The van der Waals surface area contributed by atoms with Crippen LogP contribution < -0.4 is 5.32 Å². The van der Waals surface area contributed by atoms with Gasteiger partial charge in [-0.15, -0.1) is 0 Å². The van der Waals surface area contributed by atoms with Gasteiger partial charge in [0.05, 0.1) is 6.61 Å². The lowest BCUT2D eigenvalue weighted by Gasteiger charge is -2.32. The molecular formula is C21H28N4O2. The Labute approximate surface area is 160 Å². The van der Waals surface area contributed by atoms with Crippen LogP contribution in [0.1, 0.15) is 43.5 Å². The zero-order valence-electron chi connectivity index (χ0n) is 16.3. The van der Waals surface area contributed by atoms with Crippen LogP contribution in [0.15, 0.2) is 36.4 Å². The molecule has 0 bridgehead atoms. The number of hydrogen-bond donors (Lipinski definition) is 1. The summed E-state index contributed by atoms with van der Waals surface area (Å²) in [6, 6.07) is 12.9. The predicted octanol–water partition coefficient (Wildman–Crippen LogP) is 3.81. The number of carbonyl (C=O) groups is 1. The Balaban J connectivity index is 1.53. The molecule has 6 heteroatoms. The van der Waals surface area contributed by atoms with Gasteiger partial charge in [-0.1, -0.05) is 30.3 Å². The third-order valence-corrected chi connectivity index (χ3v) is 5.81. The number of anilines is 1. The van der Waals surface area contributed by atoms with Gasteiger partial charge in [0.1, 0.15) is 0 Å². The molecule has 1 aromatic heterocycles. The summed E-state index contributed by atoms with van der Waals surface area (Å²) in [7, 11) is 0. The van der Waals surface area contributed by atoms with Crippen molar-refractivity contribution in [2.45, 2.75) is 45.2 Å². The van der Waals surface area contributed by atoms with Crippen LogP contribution >= 0.6 is 0 Å². The van der Waals surface area contributed by atoms with Gasteiger partial charge in [0, 0.05) is 48.8 Å². The van der Waals surface area contributed by atoms with E-state index in [9.17, 15) is 4.79 Å². The summed E-state index contributed by atoms with van der Waals surface area (Å²) >= 11 is 0. The maximum Gasteiger partial charge on any atom is 0.323 e. The summed E-state index contributed by atoms with van der Waals surface area (Å²) in [5.74, 6) is 1.29. The zero-order valence-corrected chi connectivity index (χ0v) is 16.3. The Morgan fingerprint density at radius 1 is 1.30 bits per heavy atom. The molecule has 0 unspecified atom stereocenters. The number of carbonyl (C=O) groups excluding carboxylic acids is 1. The molecule has 2 amide bonds. The SMILES string of the molecule is Cc1cc(NC(=O)N2C[C@H](c3ccccc3)[C@@H]3COCC[C@@H]32)nn1C(C)C. The molecule has 1 aromatic carbocycles. The van der Waals surface area contributed by atoms with E-state index in [1.165, 1.54) is 5.56 Å². The molecule has 0 saturated carbocycles. The molecule has 4 rings (SSSR count). The number of aryl methyl sites for hydroxylation is 1. The summed E-state index contributed by atoms with van der Waals surface area (Å²) in [6.07, 6.45) is 0.890. The van der Waals surface area contributed by atoms with Crippen molar-refractivity contribution >= 4 is 11.8 Å². The topological polar surface area (TPSA) is 59.4 Å². The van der Waals surface area contributed by atoms with Gasteiger partial charge in [0.2, 0.25) is 0 Å². The smallest absolute Gasteiger partial charge is 0.323 e. The highest BCUT2D eigenvalue weighted by molar-refractivity contribution is 5.89. The van der Waals surface area contributed by atoms with Crippen molar-refractivity contribution in [3.05, 3.63) is 47.7 Å². The first kappa shape index (κ1) is 18.0. The summed E-state index contributed by atoms with van der Waals surface area (Å²) in [4.78, 5) is 15.1. The number of ether oxygens (including phenoxy) is 1. The van der Waals surface area contributed by atoms with Gasteiger partial charge in [0.15, 0.2) is 5.82 Å². The number of fused-ring (bicyclic) bond motifs is 1. The summed E-state index contributed by atoms with van der Waals surface area (Å²) < 4.78 is 7.69. The first-order valence-corrected chi connectivity index (χ1v) is 9.81. The first-order valence-electron chi connectivity index (χ1n) is 9.81. The lowest BCUT2D eigenvalue weighted by Crippen LogP contribution is -2.44. The Hall–Kier alpha value is -2.34. The Bertz CT molecular complexity index is 802. The number of likely N-dealkylation sites (tertiary alicyclic amines) is 1. The predicted molar refractivity (Wildman–Crippen MR) is 105 cm³/mol. The van der Waals surface area contributed by atoms with E-state index in [1.54, 1.807) is 0 Å². The minimum atomic E-state index is -0.0567. The fourth-order valence-corrected chi connectivity index (χ4v) is 4.54. The monoisotopic (exact) mass is 368 g/mol. The molecule has 0 spiro atoms. The molecule has 2 fully saturated rings. The number of nitrogens with one attached hydrogen (secondary N) is 1. The number of nitrogens with zero attached hydrogens (tertiary/aromatic N) is 3. The minimum absolute atomic E-state index is 0.0567. The highest BCUT2D eigenvalue weighted by Gasteiger charge is 2.46. The fraction of sp³-hybridized carbons (Fsp3) is 0.524. The molecular weight excluding hydrogens is 340 g/mol. The van der Waals surface area contributed by atoms with Crippen LogP contribution in [0.5, 0.6) is 0 Å². The Morgan fingerprint density at radius 3 is 2.78 bits per heavy atom. The second-order valence-electron chi connectivity index (χ2n) is 7.90. The fourth-order valence-electron chi connectivity index (χ4n) is 4.54. The van der Waals surface area contributed by atoms with Crippen LogP contribution in [0.3, 0.4) is 0 Å². The quantitative estimate of drug-likeness (QED) is 0.896. The lowest BCUT2D eigenvalue weighted by molar-refractivity contribution is 0.0272. The summed E-state index contributed by atoms with van der Waals surface area (Å²) in [5, 5.41) is 7.55. The van der Waals surface area contributed by atoms with Crippen LogP contribution in [0.4, 0.5) is 10.6 Å². The van der Waals surface area contributed by atoms with Crippen LogP contribution in [0.2, 0.25) is 0 Å². The second kappa shape index (κ2) is 7.35. The van der Waals surface area contributed by atoms with Crippen LogP contribution in [0, 0.1) is 12.8 Å². The molecule has 3 heterocycles. The number of amides is 2. The van der Waals surface area contributed by atoms with Gasteiger partial charge in [-0.25, -0.2) is 4.79 Å². The van der Waals surface area contributed by atoms with Crippen LogP contribution in [0.25, 0.3) is 0 Å². The van der Waals surface area contributed by atoms with E-state index in [0.717, 1.165) is 25.3 Å². The van der Waals surface area contributed by atoms with E-state index in [4.69, 9.17) is 4.74 Å². The number of hydrogen-bond acceptors (Lipinski definition) is 3. The third-order valence-electron chi connectivity index (χ3n) is 5.81. The van der Waals surface area contributed by atoms with E-state index < -0.39 is 0 Å². The molecule has 3 atom stereocenters. The molecule has 6 nitrogen and oxygen atoms in total. The van der Waals surface area contributed by atoms with Gasteiger partial charge < -0.3 is 9.64 Å². The molecule has 27 heavy (non-hydrogen) atoms. The Morgan fingerprint density at radius 2 is 2.07 bits per heavy atom. The van der Waals surface area contributed by atoms with Crippen LogP contribution in [-0.4, -0.2) is 46.5 Å². The van der Waals surface area contributed by atoms with Crippen molar-refractivity contribution in [3.8, 4) is 0 Å². The van der Waals surface area contributed by atoms with Gasteiger partial charge in [-0.3, -0.25) is 10.00 Å². The van der Waals surface area contributed by atoms with Gasteiger partial charge in [0.25, 0.3) is 0 Å². The van der Waals surface area contributed by atoms with Crippen LogP contribution in [-0.2, 0) is 4.74 Å². The molecule has 2 aliphatic rings. The average Bonchev–Trinajstić information content (AvgIpc) is 3.23. The van der Waals surface area contributed by atoms with Crippen molar-refractivity contribution in [2.24, 2.45) is 5.92 Å². The third kappa shape index (κ3) is 3.46. The highest BCUT2D eigenvalue weighted by Crippen LogP contribution is 2.41. The van der Waals surface area contributed by atoms with Crippen molar-refractivity contribution in [2.75, 3.05) is 25.1 Å². The number of urea groups is 1. The molecule has 0 radical (unpaired) electrons. The highest BCUT2D eigenvalue weighted by atomic mass is 16.5. The maximum atomic E-state index is 13.1. The molecule has 2 saturated heterocycles. The second-order valence-corrected chi connectivity index (χ2v) is 7.90. The average molecular weight is 368 g/mol. The largest absolute Gasteiger partial charge is 0.381 e. The minimum Gasteiger partial charge on any atom is -0.381 e. The van der Waals surface area contributed by atoms with Gasteiger partial charge in [-0.2, -0.15) is 5.10 Å². The van der Waals surface area contributed by atoms with E-state index in [1.807, 2.05) is 28.6 Å². The van der Waals surface area contributed by atoms with E-state index in [2.05, 4.69) is 48.5 Å². The maximum absolute atomic E-state index is 13.1. The van der Waals surface area contributed by atoms with E-state index >= 15 is 0 Å². The number of aromatic nitrogens is 2. The lowest BCUT2D eigenvalue weighted by atomic mass is 9.84. The number of rotatable bonds is 3. The molecule has 144 valence electrons. The van der Waals surface area contributed by atoms with Crippen molar-refractivity contribution in [3.63, 3.8) is 0 Å². The standard InChI is InChI=1S/C21H28N4O2/c1-14(2)25-15(3)11-20(23-25)22-21(26)24-12-17(16-7-5-4-6-8-16)18-13-27-10-9-19(18)24/h4-8,11,14,17-19H,9-10,12-13H2,1-3H3,(H,22,23,26)/t17-,18+,19+/m1/s1. The van der Waals surface area contributed by atoms with Crippen molar-refractivity contribution in [1.29, 1.82) is 0 Å². The summed E-state index contributed by atoms with van der Waals surface area (Å²) in [6.45, 7) is 8.34. The molecule has 2 aromatic rings. The number of benzene rings is 1. The molecule has 1 N–H and O–H groups in total. The van der Waals surface area contributed by atoms with Crippen molar-refractivity contribution in [1.82, 2.24) is 14.7 Å². The summed E-state index contributed by atoms with van der Waals surface area (Å²) in [5.41, 5.74) is 2.33. The Kier molecular flexibility index (Phi) is 4.91. The van der Waals surface area contributed by atoms with Gasteiger partial charge in [-0.05, 0) is 32.8 Å². The van der Waals surface area contributed by atoms with E-state index in [0.29, 0.717) is 24.3 Å². The first-order chi connectivity index (χ1) is 13.0. The van der Waals surface area contributed by atoms with Crippen molar-refractivity contribution < 1.29 is 9.53 Å².